The predicted octanol–water partition coefficient (Wildman–Crippen LogP) is 3.24. The van der Waals surface area contributed by atoms with E-state index < -0.39 is 4.92 Å². The smallest absolute Gasteiger partial charge is 0.293 e. The van der Waals surface area contributed by atoms with Crippen LogP contribution in [0.1, 0.15) is 41.7 Å². The second-order valence-corrected chi connectivity index (χ2v) is 7.03. The van der Waals surface area contributed by atoms with Crippen molar-refractivity contribution in [2.24, 2.45) is 0 Å². The number of rotatable bonds is 7. The third-order valence-electron chi connectivity index (χ3n) is 4.82. The summed E-state index contributed by atoms with van der Waals surface area (Å²) in [5.41, 5.74) is 2.38. The number of hydrogen-bond donors (Lipinski definition) is 2. The molecule has 1 amide bonds. The molecule has 1 fully saturated rings. The Bertz CT molecular complexity index is 1030. The number of nitro benzene ring substituents is 1. The Balaban J connectivity index is 1.46. The van der Waals surface area contributed by atoms with E-state index in [9.17, 15) is 14.9 Å². The van der Waals surface area contributed by atoms with Crippen molar-refractivity contribution in [1.82, 2.24) is 20.1 Å². The van der Waals surface area contributed by atoms with Crippen molar-refractivity contribution in [3.8, 4) is 5.69 Å². The van der Waals surface area contributed by atoms with Crippen molar-refractivity contribution >= 4 is 17.3 Å². The molecule has 1 heterocycles. The van der Waals surface area contributed by atoms with Crippen molar-refractivity contribution < 1.29 is 9.72 Å². The molecule has 1 saturated carbocycles. The van der Waals surface area contributed by atoms with Gasteiger partial charge in [0.05, 0.1) is 16.7 Å². The van der Waals surface area contributed by atoms with Crippen LogP contribution in [-0.4, -0.2) is 31.6 Å². The summed E-state index contributed by atoms with van der Waals surface area (Å²) in [5.74, 6) is -0.362. The molecule has 0 aliphatic heterocycles. The van der Waals surface area contributed by atoms with E-state index in [1.807, 2.05) is 31.2 Å². The van der Waals surface area contributed by atoms with Gasteiger partial charge in [0.15, 0.2) is 0 Å². The van der Waals surface area contributed by atoms with E-state index in [2.05, 4.69) is 20.7 Å². The first kappa shape index (κ1) is 18.6. The first-order valence-corrected chi connectivity index (χ1v) is 9.32. The fourth-order valence-electron chi connectivity index (χ4n) is 3.01. The van der Waals surface area contributed by atoms with Crippen molar-refractivity contribution in [3.63, 3.8) is 0 Å². The monoisotopic (exact) mass is 392 g/mol. The highest BCUT2D eigenvalue weighted by molar-refractivity contribution is 5.96. The molecule has 3 aromatic rings. The molecule has 4 rings (SSSR count). The Labute approximate surface area is 166 Å². The number of nitrogens with zero attached hydrogens (tertiary/aromatic N) is 4. The molecule has 0 radical (unpaired) electrons. The summed E-state index contributed by atoms with van der Waals surface area (Å²) in [7, 11) is 0. The Morgan fingerprint density at radius 2 is 2.00 bits per heavy atom. The number of carbonyl (C=O) groups is 1. The van der Waals surface area contributed by atoms with Gasteiger partial charge in [0, 0.05) is 17.7 Å². The largest absolute Gasteiger partial charge is 0.377 e. The highest BCUT2D eigenvalue weighted by atomic mass is 16.6. The maximum Gasteiger partial charge on any atom is 0.293 e. The van der Waals surface area contributed by atoms with Crippen LogP contribution in [0.3, 0.4) is 0 Å². The first-order chi connectivity index (χ1) is 14.0. The lowest BCUT2D eigenvalue weighted by Crippen LogP contribution is -2.26. The molecule has 2 aromatic carbocycles. The molecule has 29 heavy (non-hydrogen) atoms. The number of anilines is 1. The molecule has 1 aliphatic rings. The summed E-state index contributed by atoms with van der Waals surface area (Å²) in [5, 5.41) is 21.5. The summed E-state index contributed by atoms with van der Waals surface area (Å²) < 4.78 is 1.64. The van der Waals surface area contributed by atoms with Crippen LogP contribution >= 0.6 is 0 Å². The molecule has 0 spiro atoms. The first-order valence-electron chi connectivity index (χ1n) is 9.32. The van der Waals surface area contributed by atoms with Gasteiger partial charge in [-0.15, -0.1) is 0 Å². The maximum atomic E-state index is 12.6. The van der Waals surface area contributed by atoms with Crippen LogP contribution in [-0.2, 0) is 0 Å². The summed E-state index contributed by atoms with van der Waals surface area (Å²) >= 11 is 0. The van der Waals surface area contributed by atoms with Gasteiger partial charge in [-0.3, -0.25) is 14.9 Å². The Hall–Kier alpha value is -3.75. The standard InChI is InChI=1S/C20H20N6O3/c1-13(14-2-7-17(8-3-14)25-12-21-11-22-25)23-20(27)15-4-9-18(24-16-5-6-16)19(10-15)26(28)29/h2-4,7-13,16,24H,5-6H2,1H3,(H,23,27). The van der Waals surface area contributed by atoms with Crippen LogP contribution in [0.5, 0.6) is 0 Å². The number of hydrogen-bond acceptors (Lipinski definition) is 6. The van der Waals surface area contributed by atoms with Crippen LogP contribution in [0.15, 0.2) is 55.1 Å². The molecule has 9 nitrogen and oxygen atoms in total. The summed E-state index contributed by atoms with van der Waals surface area (Å²) in [6.45, 7) is 1.86. The fourth-order valence-corrected chi connectivity index (χ4v) is 3.01. The minimum absolute atomic E-state index is 0.0885. The van der Waals surface area contributed by atoms with E-state index in [4.69, 9.17) is 0 Å². The SMILES string of the molecule is CC(NC(=O)c1ccc(NC2CC2)c([N+](=O)[O-])c1)c1ccc(-n2cncn2)cc1. The molecule has 2 N–H and O–H groups in total. The second kappa shape index (κ2) is 7.70. The van der Waals surface area contributed by atoms with Crippen LogP contribution in [0.2, 0.25) is 0 Å². The zero-order valence-corrected chi connectivity index (χ0v) is 15.8. The molecule has 0 bridgehead atoms. The summed E-state index contributed by atoms with van der Waals surface area (Å²) in [6, 6.07) is 12.1. The van der Waals surface area contributed by atoms with Gasteiger partial charge in [-0.2, -0.15) is 5.10 Å². The molecular formula is C20H20N6O3. The number of benzene rings is 2. The molecular weight excluding hydrogens is 372 g/mol. The van der Waals surface area contributed by atoms with E-state index in [1.165, 1.54) is 12.4 Å². The van der Waals surface area contributed by atoms with Crippen molar-refractivity contribution in [2.75, 3.05) is 5.32 Å². The van der Waals surface area contributed by atoms with Gasteiger partial charge in [-0.25, -0.2) is 9.67 Å². The summed E-state index contributed by atoms with van der Waals surface area (Å²) in [6.07, 6.45) is 5.08. The molecule has 0 saturated heterocycles. The number of aromatic nitrogens is 3. The third-order valence-corrected chi connectivity index (χ3v) is 4.82. The highest BCUT2D eigenvalue weighted by Gasteiger charge is 2.25. The summed E-state index contributed by atoms with van der Waals surface area (Å²) in [4.78, 5) is 27.5. The zero-order valence-electron chi connectivity index (χ0n) is 15.8. The minimum Gasteiger partial charge on any atom is -0.377 e. The van der Waals surface area contributed by atoms with Gasteiger partial charge in [-0.1, -0.05) is 12.1 Å². The van der Waals surface area contributed by atoms with Crippen LogP contribution in [0, 0.1) is 10.1 Å². The van der Waals surface area contributed by atoms with Gasteiger partial charge in [0.1, 0.15) is 18.3 Å². The average Bonchev–Trinajstić information content (AvgIpc) is 3.37. The molecule has 1 atom stereocenters. The van der Waals surface area contributed by atoms with Gasteiger partial charge in [-0.05, 0) is 49.6 Å². The van der Waals surface area contributed by atoms with Crippen LogP contribution < -0.4 is 10.6 Å². The fraction of sp³-hybridized carbons (Fsp3) is 0.250. The van der Waals surface area contributed by atoms with Crippen molar-refractivity contribution in [1.29, 1.82) is 0 Å². The highest BCUT2D eigenvalue weighted by Crippen LogP contribution is 2.31. The molecule has 1 unspecified atom stereocenters. The van der Waals surface area contributed by atoms with Gasteiger partial charge >= 0.3 is 0 Å². The maximum absolute atomic E-state index is 12.6. The molecule has 1 aliphatic carbocycles. The molecule has 1 aromatic heterocycles. The van der Waals surface area contributed by atoms with Crippen molar-refractivity contribution in [2.45, 2.75) is 31.8 Å². The lowest BCUT2D eigenvalue weighted by Gasteiger charge is -2.15. The van der Waals surface area contributed by atoms with E-state index in [-0.39, 0.29) is 29.2 Å². The topological polar surface area (TPSA) is 115 Å². The third kappa shape index (κ3) is 4.23. The van der Waals surface area contributed by atoms with Crippen LogP contribution in [0.4, 0.5) is 11.4 Å². The minimum atomic E-state index is -0.464. The van der Waals surface area contributed by atoms with Crippen LogP contribution in [0.25, 0.3) is 5.69 Å². The lowest BCUT2D eigenvalue weighted by atomic mass is 10.1. The quantitative estimate of drug-likeness (QED) is 0.471. The van der Waals surface area contributed by atoms with Crippen molar-refractivity contribution in [3.05, 3.63) is 76.4 Å². The van der Waals surface area contributed by atoms with E-state index in [0.717, 1.165) is 24.1 Å². The number of nitrogens with one attached hydrogen (secondary N) is 2. The van der Waals surface area contributed by atoms with Gasteiger partial charge in [0.25, 0.3) is 11.6 Å². The Kier molecular flexibility index (Phi) is 4.94. The number of nitro groups is 1. The predicted molar refractivity (Wildman–Crippen MR) is 107 cm³/mol. The molecule has 148 valence electrons. The average molecular weight is 392 g/mol. The van der Waals surface area contributed by atoms with E-state index in [1.54, 1.807) is 23.1 Å². The number of carbonyl (C=O) groups excluding carboxylic acids is 1. The van der Waals surface area contributed by atoms with E-state index >= 15 is 0 Å². The normalized spacial score (nSPS) is 14.2. The zero-order chi connectivity index (χ0) is 20.4. The van der Waals surface area contributed by atoms with Gasteiger partial charge < -0.3 is 10.6 Å². The van der Waals surface area contributed by atoms with Gasteiger partial charge in [0.2, 0.25) is 0 Å². The number of amides is 1. The second-order valence-electron chi connectivity index (χ2n) is 7.03. The van der Waals surface area contributed by atoms with E-state index in [0.29, 0.717) is 5.69 Å². The molecule has 9 heteroatoms. The Morgan fingerprint density at radius 1 is 1.24 bits per heavy atom. The Morgan fingerprint density at radius 3 is 2.62 bits per heavy atom. The lowest BCUT2D eigenvalue weighted by molar-refractivity contribution is -0.384.